The van der Waals surface area contributed by atoms with Crippen LogP contribution in [0.3, 0.4) is 0 Å². The van der Waals surface area contributed by atoms with Gasteiger partial charge < -0.3 is 10.1 Å². The lowest BCUT2D eigenvalue weighted by Gasteiger charge is -2.36. The third-order valence-electron chi connectivity index (χ3n) is 4.65. The van der Waals surface area contributed by atoms with Crippen LogP contribution in [0.1, 0.15) is 41.5 Å². The van der Waals surface area contributed by atoms with Gasteiger partial charge in [-0.1, -0.05) is 36.4 Å². The second-order valence-electron chi connectivity index (χ2n) is 6.17. The van der Waals surface area contributed by atoms with Gasteiger partial charge in [0.15, 0.2) is 0 Å². The first kappa shape index (κ1) is 12.9. The minimum absolute atomic E-state index is 0.364. The Balaban J connectivity index is 1.59. The summed E-state index contributed by atoms with van der Waals surface area (Å²) in [5.74, 6) is 1.59. The van der Waals surface area contributed by atoms with Crippen molar-refractivity contribution in [1.82, 2.24) is 5.32 Å². The van der Waals surface area contributed by atoms with Crippen molar-refractivity contribution in [3.05, 3.63) is 65.2 Å². The number of hydrogen-bond donors (Lipinski definition) is 1. The molecule has 0 saturated heterocycles. The predicted octanol–water partition coefficient (Wildman–Crippen LogP) is 3.83. The van der Waals surface area contributed by atoms with Gasteiger partial charge in [0.05, 0.1) is 6.10 Å². The molecule has 0 heterocycles. The van der Waals surface area contributed by atoms with Crippen LogP contribution in [0.15, 0.2) is 48.5 Å². The van der Waals surface area contributed by atoms with Crippen LogP contribution in [0.25, 0.3) is 0 Å². The number of benzene rings is 2. The first-order valence-corrected chi connectivity index (χ1v) is 7.87. The predicted molar refractivity (Wildman–Crippen MR) is 84.8 cm³/mol. The molecule has 2 nitrogen and oxygen atoms in total. The van der Waals surface area contributed by atoms with E-state index in [9.17, 15) is 0 Å². The highest BCUT2D eigenvalue weighted by Crippen LogP contribution is 2.43. The van der Waals surface area contributed by atoms with Crippen LogP contribution in [-0.2, 0) is 6.42 Å². The minimum atomic E-state index is 0.364. The third kappa shape index (κ3) is 2.44. The molecule has 2 aromatic rings. The monoisotopic (exact) mass is 279 g/mol. The molecular weight excluding hydrogens is 258 g/mol. The van der Waals surface area contributed by atoms with E-state index in [1.807, 2.05) is 0 Å². The molecule has 2 atom stereocenters. The van der Waals surface area contributed by atoms with Gasteiger partial charge >= 0.3 is 0 Å². The molecule has 2 aromatic carbocycles. The summed E-state index contributed by atoms with van der Waals surface area (Å²) in [6, 6.07) is 17.7. The van der Waals surface area contributed by atoms with Crippen molar-refractivity contribution >= 4 is 0 Å². The first-order chi connectivity index (χ1) is 10.3. The van der Waals surface area contributed by atoms with Crippen molar-refractivity contribution < 1.29 is 4.74 Å². The van der Waals surface area contributed by atoms with Crippen LogP contribution >= 0.6 is 0 Å². The summed E-state index contributed by atoms with van der Waals surface area (Å²) in [6.45, 7) is 0. The van der Waals surface area contributed by atoms with Crippen LogP contribution in [0.5, 0.6) is 5.75 Å². The van der Waals surface area contributed by atoms with Gasteiger partial charge in [0.1, 0.15) is 5.75 Å². The van der Waals surface area contributed by atoms with E-state index in [0.29, 0.717) is 18.1 Å². The fourth-order valence-corrected chi connectivity index (χ4v) is 3.35. The van der Waals surface area contributed by atoms with Gasteiger partial charge in [-0.25, -0.2) is 0 Å². The molecule has 1 N–H and O–H groups in total. The lowest BCUT2D eigenvalue weighted by atomic mass is 9.72. The fourth-order valence-electron chi connectivity index (χ4n) is 3.35. The van der Waals surface area contributed by atoms with Gasteiger partial charge in [-0.3, -0.25) is 0 Å². The van der Waals surface area contributed by atoms with Gasteiger partial charge in [-0.05, 0) is 55.1 Å². The number of ether oxygens (including phenoxy) is 1. The van der Waals surface area contributed by atoms with E-state index in [0.717, 1.165) is 12.2 Å². The normalized spacial score (nSPS) is 21.3. The molecule has 1 saturated carbocycles. The number of likely N-dealkylation sites (N-methyl/N-ethyl adjacent to an activating group) is 1. The topological polar surface area (TPSA) is 21.3 Å². The molecule has 108 valence electrons. The molecule has 0 bridgehead atoms. The molecule has 0 aliphatic heterocycles. The van der Waals surface area contributed by atoms with E-state index in [1.165, 1.54) is 29.5 Å². The molecule has 4 rings (SSSR count). The minimum Gasteiger partial charge on any atom is -0.490 e. The van der Waals surface area contributed by atoms with E-state index in [2.05, 4.69) is 60.9 Å². The Hall–Kier alpha value is -1.80. The second-order valence-corrected chi connectivity index (χ2v) is 6.17. The number of rotatable bonds is 5. The van der Waals surface area contributed by atoms with E-state index in [-0.39, 0.29) is 0 Å². The zero-order valence-corrected chi connectivity index (χ0v) is 12.4. The van der Waals surface area contributed by atoms with Crippen molar-refractivity contribution in [2.75, 3.05) is 7.05 Å². The van der Waals surface area contributed by atoms with Crippen LogP contribution in [0.4, 0.5) is 0 Å². The Bertz CT molecular complexity index is 648. The largest absolute Gasteiger partial charge is 0.490 e. The van der Waals surface area contributed by atoms with Crippen molar-refractivity contribution in [1.29, 1.82) is 0 Å². The molecular formula is C19H21NO. The highest BCUT2D eigenvalue weighted by Gasteiger charge is 2.33. The summed E-state index contributed by atoms with van der Waals surface area (Å²) >= 11 is 0. The molecule has 0 aromatic heterocycles. The highest BCUT2D eigenvalue weighted by molar-refractivity contribution is 5.44. The summed E-state index contributed by atoms with van der Waals surface area (Å²) in [6.07, 6.45) is 4.03. The van der Waals surface area contributed by atoms with Crippen LogP contribution in [0.2, 0.25) is 0 Å². The van der Waals surface area contributed by atoms with Crippen LogP contribution in [0, 0.1) is 0 Å². The molecule has 1 fully saturated rings. The van der Waals surface area contributed by atoms with Crippen LogP contribution < -0.4 is 10.1 Å². The van der Waals surface area contributed by atoms with Crippen LogP contribution in [-0.4, -0.2) is 13.2 Å². The number of nitrogens with one attached hydrogen (secondary N) is 1. The average molecular weight is 279 g/mol. The molecule has 2 aliphatic carbocycles. The highest BCUT2D eigenvalue weighted by atomic mass is 16.5. The summed E-state index contributed by atoms with van der Waals surface area (Å²) < 4.78 is 5.93. The van der Waals surface area contributed by atoms with E-state index >= 15 is 0 Å². The Labute approximate surface area is 126 Å². The molecule has 0 spiro atoms. The zero-order chi connectivity index (χ0) is 14.2. The number of fused-ring (bicyclic) bond motifs is 1. The van der Waals surface area contributed by atoms with E-state index < -0.39 is 0 Å². The Kier molecular flexibility index (Phi) is 3.19. The van der Waals surface area contributed by atoms with Gasteiger partial charge in [0.25, 0.3) is 0 Å². The van der Waals surface area contributed by atoms with E-state index in [4.69, 9.17) is 4.74 Å². The fraction of sp³-hybridized carbons (Fsp3) is 0.368. The van der Waals surface area contributed by atoms with Crippen molar-refractivity contribution in [3.8, 4) is 5.75 Å². The SMILES string of the molecule is CNC(c1cccc(OC2CC2)c1)C1Cc2ccccc21. The second kappa shape index (κ2) is 5.19. The van der Waals surface area contributed by atoms with Gasteiger partial charge in [-0.2, -0.15) is 0 Å². The standard InChI is InChI=1S/C19H21NO/c1-20-19(18-12-13-5-2-3-8-17(13)18)14-6-4-7-16(11-14)21-15-9-10-15/h2-8,11,15,18-20H,9-10,12H2,1H3. The van der Waals surface area contributed by atoms with Gasteiger partial charge in [0.2, 0.25) is 0 Å². The Morgan fingerprint density at radius 1 is 1.10 bits per heavy atom. The Morgan fingerprint density at radius 2 is 1.95 bits per heavy atom. The smallest absolute Gasteiger partial charge is 0.120 e. The number of hydrogen-bond acceptors (Lipinski definition) is 2. The zero-order valence-electron chi connectivity index (χ0n) is 12.4. The van der Waals surface area contributed by atoms with E-state index in [1.54, 1.807) is 0 Å². The molecule has 0 radical (unpaired) electrons. The lowest BCUT2D eigenvalue weighted by Crippen LogP contribution is -2.31. The van der Waals surface area contributed by atoms with Gasteiger partial charge in [0, 0.05) is 12.0 Å². The van der Waals surface area contributed by atoms with Gasteiger partial charge in [-0.15, -0.1) is 0 Å². The van der Waals surface area contributed by atoms with Crippen molar-refractivity contribution in [2.24, 2.45) is 0 Å². The molecule has 21 heavy (non-hydrogen) atoms. The quantitative estimate of drug-likeness (QED) is 0.898. The summed E-state index contributed by atoms with van der Waals surface area (Å²) in [7, 11) is 2.06. The van der Waals surface area contributed by atoms with Crippen molar-refractivity contribution in [2.45, 2.75) is 37.3 Å². The summed E-state index contributed by atoms with van der Waals surface area (Å²) in [5.41, 5.74) is 4.31. The maximum atomic E-state index is 5.93. The Morgan fingerprint density at radius 3 is 2.71 bits per heavy atom. The summed E-state index contributed by atoms with van der Waals surface area (Å²) in [4.78, 5) is 0. The maximum absolute atomic E-state index is 5.93. The first-order valence-electron chi connectivity index (χ1n) is 7.87. The third-order valence-corrected chi connectivity index (χ3v) is 4.65. The van der Waals surface area contributed by atoms with Crippen molar-refractivity contribution in [3.63, 3.8) is 0 Å². The molecule has 2 aliphatic rings. The lowest BCUT2D eigenvalue weighted by molar-refractivity contribution is 0.302. The average Bonchev–Trinajstić information content (AvgIpc) is 3.29. The molecule has 0 amide bonds. The molecule has 2 unspecified atom stereocenters. The molecule has 2 heteroatoms. The maximum Gasteiger partial charge on any atom is 0.120 e. The summed E-state index contributed by atoms with van der Waals surface area (Å²) in [5, 5.41) is 3.50.